The second-order valence-corrected chi connectivity index (χ2v) is 9.33. The topological polar surface area (TPSA) is 71.8 Å². The van der Waals surface area contributed by atoms with Gasteiger partial charge in [-0.2, -0.15) is 4.31 Å². The number of aryl methyl sites for hydroxylation is 1. The van der Waals surface area contributed by atoms with Crippen molar-refractivity contribution in [1.29, 1.82) is 0 Å². The van der Waals surface area contributed by atoms with E-state index < -0.39 is 10.0 Å². The summed E-state index contributed by atoms with van der Waals surface area (Å²) in [5, 5.41) is 0.259. The summed E-state index contributed by atoms with van der Waals surface area (Å²) in [6, 6.07) is 7.96. The summed E-state index contributed by atoms with van der Waals surface area (Å²) in [5.41, 5.74) is 0.912. The van der Waals surface area contributed by atoms with Gasteiger partial charge in [0.25, 0.3) is 0 Å². The molecular formula is C20H25Cl2N3O4S. The average Bonchev–Trinajstić information content (AvgIpc) is 3.10. The third kappa shape index (κ3) is 6.09. The van der Waals surface area contributed by atoms with Crippen molar-refractivity contribution in [2.24, 2.45) is 7.05 Å². The number of hydrogen-bond acceptors (Lipinski definition) is 4. The highest BCUT2D eigenvalue weighted by molar-refractivity contribution is 7.89. The molecule has 1 amide bonds. The van der Waals surface area contributed by atoms with Crippen LogP contribution in [0.2, 0.25) is 10.0 Å². The van der Waals surface area contributed by atoms with Gasteiger partial charge in [0.15, 0.2) is 0 Å². The summed E-state index contributed by atoms with van der Waals surface area (Å²) >= 11 is 12.1. The maximum absolute atomic E-state index is 13.2. The van der Waals surface area contributed by atoms with Gasteiger partial charge >= 0.3 is 0 Å². The van der Waals surface area contributed by atoms with E-state index in [1.54, 1.807) is 12.0 Å². The van der Waals surface area contributed by atoms with Crippen LogP contribution < -0.4 is 0 Å². The minimum Gasteiger partial charge on any atom is -0.383 e. The Labute approximate surface area is 187 Å². The van der Waals surface area contributed by atoms with Crippen LogP contribution in [-0.4, -0.2) is 61.4 Å². The molecule has 0 bridgehead atoms. The van der Waals surface area contributed by atoms with Gasteiger partial charge in [-0.15, -0.1) is 6.58 Å². The number of aromatic nitrogens is 1. The summed E-state index contributed by atoms with van der Waals surface area (Å²) in [6.45, 7) is 4.15. The Balaban J connectivity index is 2.29. The minimum absolute atomic E-state index is 0.0287. The van der Waals surface area contributed by atoms with Crippen LogP contribution in [0.5, 0.6) is 0 Å². The molecular weight excluding hydrogens is 449 g/mol. The molecule has 30 heavy (non-hydrogen) atoms. The predicted octanol–water partition coefficient (Wildman–Crippen LogP) is 3.18. The van der Waals surface area contributed by atoms with Gasteiger partial charge in [-0.05, 0) is 30.3 Å². The molecule has 0 saturated heterocycles. The van der Waals surface area contributed by atoms with E-state index in [1.165, 1.54) is 24.3 Å². The van der Waals surface area contributed by atoms with E-state index in [2.05, 4.69) is 6.58 Å². The molecule has 0 fully saturated rings. The molecule has 0 spiro atoms. The van der Waals surface area contributed by atoms with Crippen molar-refractivity contribution < 1.29 is 17.9 Å². The number of halogens is 2. The molecule has 0 atom stereocenters. The maximum atomic E-state index is 13.2. The lowest BCUT2D eigenvalue weighted by molar-refractivity contribution is -0.132. The zero-order valence-corrected chi connectivity index (χ0v) is 19.3. The van der Waals surface area contributed by atoms with Gasteiger partial charge in [-0.25, -0.2) is 8.42 Å². The lowest BCUT2D eigenvalue weighted by atomic mass is 10.3. The summed E-state index contributed by atoms with van der Waals surface area (Å²) in [5.74, 6) is -0.364. The molecule has 0 aliphatic heterocycles. The first-order chi connectivity index (χ1) is 14.2. The fraction of sp³-hybridized carbons (Fsp3) is 0.350. The number of ether oxygens (including phenoxy) is 1. The molecule has 0 aliphatic rings. The first-order valence-corrected chi connectivity index (χ1v) is 11.3. The Bertz CT molecular complexity index is 992. The highest BCUT2D eigenvalue weighted by atomic mass is 35.5. The zero-order chi connectivity index (χ0) is 22.3. The van der Waals surface area contributed by atoms with Crippen LogP contribution in [0.15, 0.2) is 54.1 Å². The van der Waals surface area contributed by atoms with Crippen molar-refractivity contribution in [2.75, 3.05) is 33.4 Å². The molecule has 2 rings (SSSR count). The third-order valence-corrected chi connectivity index (χ3v) is 7.01. The number of nitrogens with zero attached hydrogens (tertiary/aromatic N) is 3. The number of sulfonamides is 1. The molecule has 2 aromatic rings. The van der Waals surface area contributed by atoms with E-state index in [0.29, 0.717) is 19.7 Å². The van der Waals surface area contributed by atoms with Crippen LogP contribution in [0, 0.1) is 0 Å². The fourth-order valence-electron chi connectivity index (χ4n) is 2.81. The third-order valence-electron chi connectivity index (χ3n) is 4.48. The smallest absolute Gasteiger partial charge is 0.245 e. The minimum atomic E-state index is -4.07. The highest BCUT2D eigenvalue weighted by Gasteiger charge is 2.30. The molecule has 0 unspecified atom stereocenters. The molecule has 1 heterocycles. The molecule has 0 saturated carbocycles. The quantitative estimate of drug-likeness (QED) is 0.469. The lowest BCUT2D eigenvalue weighted by Gasteiger charge is -2.27. The van der Waals surface area contributed by atoms with Crippen LogP contribution in [0.3, 0.4) is 0 Å². The standard InChI is InChI=1S/C20H25Cl2N3O4S/c1-4-9-25(30(27,28)19-13-16(21)7-8-18(19)22)15-20(26)24(11-12-29-3)14-17-6-5-10-23(17)2/h4-8,10,13H,1,9,11-12,14-15H2,2-3H3. The van der Waals surface area contributed by atoms with E-state index in [1.807, 2.05) is 29.9 Å². The largest absolute Gasteiger partial charge is 0.383 e. The number of carbonyl (C=O) groups is 1. The van der Waals surface area contributed by atoms with Crippen LogP contribution in [0.1, 0.15) is 5.69 Å². The van der Waals surface area contributed by atoms with Crippen molar-refractivity contribution in [3.8, 4) is 0 Å². The number of benzene rings is 1. The van der Waals surface area contributed by atoms with E-state index in [9.17, 15) is 13.2 Å². The molecule has 10 heteroatoms. The van der Waals surface area contributed by atoms with Crippen molar-refractivity contribution >= 4 is 39.1 Å². The molecule has 0 N–H and O–H groups in total. The summed E-state index contributed by atoms with van der Waals surface area (Å²) in [4.78, 5) is 14.5. The normalized spacial score (nSPS) is 11.6. The summed E-state index contributed by atoms with van der Waals surface area (Å²) < 4.78 is 34.4. The number of carbonyl (C=O) groups excluding carboxylic acids is 1. The number of hydrogen-bond donors (Lipinski definition) is 0. The summed E-state index contributed by atoms with van der Waals surface area (Å²) in [6.07, 6.45) is 3.30. The summed E-state index contributed by atoms with van der Waals surface area (Å²) in [7, 11) is -0.653. The molecule has 164 valence electrons. The van der Waals surface area contributed by atoms with Crippen LogP contribution >= 0.6 is 23.2 Å². The molecule has 1 aromatic carbocycles. The fourth-order valence-corrected chi connectivity index (χ4v) is 4.90. The van der Waals surface area contributed by atoms with Gasteiger partial charge in [-0.3, -0.25) is 4.79 Å². The zero-order valence-electron chi connectivity index (χ0n) is 16.9. The van der Waals surface area contributed by atoms with Gasteiger partial charge in [0.05, 0.1) is 24.7 Å². The van der Waals surface area contributed by atoms with Gasteiger partial charge in [0.1, 0.15) is 4.90 Å². The Hall–Kier alpha value is -1.84. The number of methoxy groups -OCH3 is 1. The Morgan fingerprint density at radius 2 is 2.03 bits per heavy atom. The van der Waals surface area contributed by atoms with Gasteiger partial charge in [0, 0.05) is 44.2 Å². The highest BCUT2D eigenvalue weighted by Crippen LogP contribution is 2.27. The first-order valence-electron chi connectivity index (χ1n) is 9.13. The second-order valence-electron chi connectivity index (χ2n) is 6.58. The van der Waals surface area contributed by atoms with E-state index in [-0.39, 0.29) is 33.9 Å². The molecule has 7 nitrogen and oxygen atoms in total. The van der Waals surface area contributed by atoms with Gasteiger partial charge in [0.2, 0.25) is 15.9 Å². The van der Waals surface area contributed by atoms with Crippen molar-refractivity contribution in [2.45, 2.75) is 11.4 Å². The Kier molecular flexibility index (Phi) is 8.93. The number of amides is 1. The Morgan fingerprint density at radius 1 is 1.30 bits per heavy atom. The van der Waals surface area contributed by atoms with E-state index in [4.69, 9.17) is 27.9 Å². The second kappa shape index (κ2) is 11.0. The van der Waals surface area contributed by atoms with E-state index in [0.717, 1.165) is 10.00 Å². The van der Waals surface area contributed by atoms with Crippen LogP contribution in [-0.2, 0) is 33.1 Å². The number of rotatable bonds is 11. The molecule has 0 radical (unpaired) electrons. The average molecular weight is 474 g/mol. The van der Waals surface area contributed by atoms with Crippen LogP contribution in [0.4, 0.5) is 0 Å². The first kappa shape index (κ1) is 24.4. The monoisotopic (exact) mass is 473 g/mol. The molecule has 1 aromatic heterocycles. The van der Waals surface area contributed by atoms with E-state index >= 15 is 0 Å². The predicted molar refractivity (Wildman–Crippen MR) is 118 cm³/mol. The van der Waals surface area contributed by atoms with Crippen LogP contribution in [0.25, 0.3) is 0 Å². The van der Waals surface area contributed by atoms with Gasteiger partial charge in [-0.1, -0.05) is 29.3 Å². The van der Waals surface area contributed by atoms with Crippen molar-refractivity contribution in [3.63, 3.8) is 0 Å². The lowest BCUT2D eigenvalue weighted by Crippen LogP contribution is -2.44. The van der Waals surface area contributed by atoms with Crippen molar-refractivity contribution in [3.05, 3.63) is 64.9 Å². The molecule has 0 aliphatic carbocycles. The van der Waals surface area contributed by atoms with Crippen molar-refractivity contribution in [1.82, 2.24) is 13.8 Å². The Morgan fingerprint density at radius 3 is 2.63 bits per heavy atom. The maximum Gasteiger partial charge on any atom is 0.245 e. The SMILES string of the molecule is C=CCN(CC(=O)N(CCOC)Cc1cccn1C)S(=O)(=O)c1cc(Cl)ccc1Cl. The van der Waals surface area contributed by atoms with Gasteiger partial charge < -0.3 is 14.2 Å².